The van der Waals surface area contributed by atoms with Crippen molar-refractivity contribution in [1.29, 1.82) is 0 Å². The summed E-state index contributed by atoms with van der Waals surface area (Å²) in [4.78, 5) is 0. The van der Waals surface area contributed by atoms with Crippen molar-refractivity contribution in [2.24, 2.45) is 11.8 Å². The lowest BCUT2D eigenvalue weighted by atomic mass is 9.87. The number of rotatable bonds is 13. The number of aromatic nitrogens is 1. The Kier molecular flexibility index (Phi) is 11.0. The molecule has 1 aromatic heterocycles. The summed E-state index contributed by atoms with van der Waals surface area (Å²) in [5.74, 6) is 1.70. The monoisotopic (exact) mass is 332 g/mol. The standard InChI is InChI=1S/C23H42N/c1-6-11-14-20(8-3)18-22-16-13-17-24(10-5)23(22)19-21(9-4)15-12-7-2/h13,16-17,20-21H,6-12,14-15,18-19H2,1-5H3/q+1. The Hall–Kier alpha value is -0.850. The van der Waals surface area contributed by atoms with Gasteiger partial charge in [-0.2, -0.15) is 0 Å². The first-order valence-electron chi connectivity index (χ1n) is 10.7. The molecule has 1 heterocycles. The van der Waals surface area contributed by atoms with E-state index in [0.717, 1.165) is 18.4 Å². The van der Waals surface area contributed by atoms with Gasteiger partial charge in [-0.05, 0) is 37.7 Å². The molecular formula is C23H42N+. The van der Waals surface area contributed by atoms with E-state index in [4.69, 9.17) is 0 Å². The molecule has 0 fully saturated rings. The van der Waals surface area contributed by atoms with Crippen LogP contribution < -0.4 is 4.57 Å². The molecule has 1 rings (SSSR count). The molecule has 2 unspecified atom stereocenters. The van der Waals surface area contributed by atoms with Crippen LogP contribution in [0.5, 0.6) is 0 Å². The minimum atomic E-state index is 0.847. The second kappa shape index (κ2) is 12.5. The SMILES string of the molecule is CCCCC(CC)Cc1ccc[n+](CC)c1CC(CC)CCCC. The molecule has 0 N–H and O–H groups in total. The third kappa shape index (κ3) is 6.95. The Morgan fingerprint density at radius 2 is 1.42 bits per heavy atom. The minimum Gasteiger partial charge on any atom is -0.203 e. The zero-order chi connectivity index (χ0) is 17.8. The summed E-state index contributed by atoms with van der Waals surface area (Å²) in [6.07, 6.45) is 15.6. The van der Waals surface area contributed by atoms with Crippen LogP contribution in [0.15, 0.2) is 18.3 Å². The topological polar surface area (TPSA) is 3.88 Å². The Balaban J connectivity index is 2.94. The van der Waals surface area contributed by atoms with E-state index in [1.54, 1.807) is 11.3 Å². The molecule has 0 saturated heterocycles. The van der Waals surface area contributed by atoms with Crippen molar-refractivity contribution in [3.05, 3.63) is 29.6 Å². The number of unbranched alkanes of at least 4 members (excludes halogenated alkanes) is 2. The van der Waals surface area contributed by atoms with Gasteiger partial charge in [-0.25, -0.2) is 4.57 Å². The highest BCUT2D eigenvalue weighted by atomic mass is 14.9. The minimum absolute atomic E-state index is 0.847. The van der Waals surface area contributed by atoms with E-state index in [1.165, 1.54) is 64.2 Å². The Bertz CT molecular complexity index is 438. The van der Waals surface area contributed by atoms with Crippen LogP contribution in [0.4, 0.5) is 0 Å². The van der Waals surface area contributed by atoms with Crippen LogP contribution in [-0.2, 0) is 19.4 Å². The van der Waals surface area contributed by atoms with Crippen LogP contribution in [0.2, 0.25) is 0 Å². The molecule has 24 heavy (non-hydrogen) atoms. The maximum atomic E-state index is 2.51. The van der Waals surface area contributed by atoms with Gasteiger partial charge in [0.15, 0.2) is 11.9 Å². The Morgan fingerprint density at radius 3 is 1.92 bits per heavy atom. The molecule has 2 atom stereocenters. The largest absolute Gasteiger partial charge is 0.203 e. The number of nitrogens with zero attached hydrogens (tertiary/aromatic N) is 1. The van der Waals surface area contributed by atoms with Crippen molar-refractivity contribution in [3.63, 3.8) is 0 Å². The predicted molar refractivity (Wildman–Crippen MR) is 106 cm³/mol. The number of hydrogen-bond donors (Lipinski definition) is 0. The fourth-order valence-corrected chi connectivity index (χ4v) is 3.84. The zero-order valence-electron chi connectivity index (χ0n) is 17.1. The smallest absolute Gasteiger partial charge is 0.184 e. The van der Waals surface area contributed by atoms with E-state index in [2.05, 4.69) is 57.5 Å². The maximum Gasteiger partial charge on any atom is 0.184 e. The van der Waals surface area contributed by atoms with E-state index < -0.39 is 0 Å². The molecule has 1 nitrogen and oxygen atoms in total. The molecular weight excluding hydrogens is 290 g/mol. The van der Waals surface area contributed by atoms with Crippen LogP contribution in [0.1, 0.15) is 97.2 Å². The van der Waals surface area contributed by atoms with Crippen molar-refractivity contribution < 1.29 is 4.57 Å². The predicted octanol–water partition coefficient (Wildman–Crippen LogP) is 6.51. The summed E-state index contributed by atoms with van der Waals surface area (Å²) in [5.41, 5.74) is 3.25. The molecule has 0 bridgehead atoms. The van der Waals surface area contributed by atoms with Crippen molar-refractivity contribution in [2.45, 2.75) is 105 Å². The normalized spacial score (nSPS) is 13.9. The lowest BCUT2D eigenvalue weighted by Gasteiger charge is -2.19. The summed E-state index contributed by atoms with van der Waals surface area (Å²) < 4.78 is 2.51. The van der Waals surface area contributed by atoms with E-state index in [9.17, 15) is 0 Å². The van der Waals surface area contributed by atoms with Crippen LogP contribution in [0.3, 0.4) is 0 Å². The second-order valence-corrected chi connectivity index (χ2v) is 7.51. The Morgan fingerprint density at radius 1 is 0.833 bits per heavy atom. The van der Waals surface area contributed by atoms with E-state index >= 15 is 0 Å². The highest BCUT2D eigenvalue weighted by molar-refractivity contribution is 5.17. The van der Waals surface area contributed by atoms with Crippen molar-refractivity contribution >= 4 is 0 Å². The number of hydrogen-bond acceptors (Lipinski definition) is 0. The van der Waals surface area contributed by atoms with Crippen molar-refractivity contribution in [1.82, 2.24) is 0 Å². The fraction of sp³-hybridized carbons (Fsp3) is 0.783. The molecule has 0 amide bonds. The van der Waals surface area contributed by atoms with E-state index in [0.29, 0.717) is 0 Å². The second-order valence-electron chi connectivity index (χ2n) is 7.51. The van der Waals surface area contributed by atoms with Crippen LogP contribution >= 0.6 is 0 Å². The molecule has 0 aromatic carbocycles. The summed E-state index contributed by atoms with van der Waals surface area (Å²) in [5, 5.41) is 0. The molecule has 1 aromatic rings. The number of aryl methyl sites for hydroxylation is 1. The van der Waals surface area contributed by atoms with E-state index in [1.807, 2.05) is 0 Å². The summed E-state index contributed by atoms with van der Waals surface area (Å²) in [6.45, 7) is 12.7. The van der Waals surface area contributed by atoms with Crippen molar-refractivity contribution in [3.8, 4) is 0 Å². The highest BCUT2D eigenvalue weighted by Crippen LogP contribution is 2.23. The summed E-state index contributed by atoms with van der Waals surface area (Å²) in [6, 6.07) is 4.67. The van der Waals surface area contributed by atoms with Crippen LogP contribution in [0.25, 0.3) is 0 Å². The van der Waals surface area contributed by atoms with Gasteiger partial charge in [0, 0.05) is 18.1 Å². The quantitative estimate of drug-likeness (QED) is 0.362. The lowest BCUT2D eigenvalue weighted by molar-refractivity contribution is -0.701. The molecule has 0 aliphatic carbocycles. The Labute approximate surface area is 151 Å². The first kappa shape index (κ1) is 21.2. The lowest BCUT2D eigenvalue weighted by Crippen LogP contribution is -2.39. The summed E-state index contributed by atoms with van der Waals surface area (Å²) >= 11 is 0. The summed E-state index contributed by atoms with van der Waals surface area (Å²) in [7, 11) is 0. The average molecular weight is 333 g/mol. The molecule has 0 radical (unpaired) electrons. The first-order chi connectivity index (χ1) is 11.7. The zero-order valence-corrected chi connectivity index (χ0v) is 17.1. The molecule has 0 aliphatic heterocycles. The highest BCUT2D eigenvalue weighted by Gasteiger charge is 2.21. The van der Waals surface area contributed by atoms with Gasteiger partial charge in [-0.3, -0.25) is 0 Å². The van der Waals surface area contributed by atoms with Gasteiger partial charge >= 0.3 is 0 Å². The van der Waals surface area contributed by atoms with Gasteiger partial charge in [-0.1, -0.05) is 72.6 Å². The number of pyridine rings is 1. The third-order valence-corrected chi connectivity index (χ3v) is 5.70. The molecule has 1 heteroatoms. The van der Waals surface area contributed by atoms with Gasteiger partial charge < -0.3 is 0 Å². The molecule has 138 valence electrons. The average Bonchev–Trinajstić information content (AvgIpc) is 2.62. The van der Waals surface area contributed by atoms with Crippen molar-refractivity contribution in [2.75, 3.05) is 0 Å². The van der Waals surface area contributed by atoms with Crippen LogP contribution in [0, 0.1) is 11.8 Å². The van der Waals surface area contributed by atoms with Gasteiger partial charge in [0.25, 0.3) is 0 Å². The molecule has 0 saturated carbocycles. The van der Waals surface area contributed by atoms with Gasteiger partial charge in [0.2, 0.25) is 0 Å². The van der Waals surface area contributed by atoms with Crippen LogP contribution in [-0.4, -0.2) is 0 Å². The first-order valence-corrected chi connectivity index (χ1v) is 10.7. The fourth-order valence-electron chi connectivity index (χ4n) is 3.84. The maximum absolute atomic E-state index is 2.51. The van der Waals surface area contributed by atoms with Gasteiger partial charge in [-0.15, -0.1) is 0 Å². The third-order valence-electron chi connectivity index (χ3n) is 5.70. The van der Waals surface area contributed by atoms with Gasteiger partial charge in [0.05, 0.1) is 0 Å². The van der Waals surface area contributed by atoms with Gasteiger partial charge in [0.1, 0.15) is 6.54 Å². The molecule has 0 spiro atoms. The molecule has 0 aliphatic rings. The van der Waals surface area contributed by atoms with E-state index in [-0.39, 0.29) is 0 Å².